The summed E-state index contributed by atoms with van der Waals surface area (Å²) < 4.78 is 7.82. The molecule has 1 aliphatic rings. The average molecular weight is 406 g/mol. The number of fused-ring (bicyclic) bond motifs is 6. The second-order valence-corrected chi connectivity index (χ2v) is 7.38. The van der Waals surface area contributed by atoms with Crippen molar-refractivity contribution < 1.29 is 4.74 Å². The Labute approximate surface area is 175 Å². The van der Waals surface area contributed by atoms with Crippen molar-refractivity contribution >= 4 is 23.0 Å². The van der Waals surface area contributed by atoms with Crippen LogP contribution in [0.2, 0.25) is 0 Å². The van der Waals surface area contributed by atoms with Crippen molar-refractivity contribution in [1.29, 1.82) is 5.41 Å². The van der Waals surface area contributed by atoms with Crippen LogP contribution in [-0.2, 0) is 7.05 Å². The molecule has 4 heterocycles. The summed E-state index contributed by atoms with van der Waals surface area (Å²) in [6.45, 7) is 4.46. The highest BCUT2D eigenvalue weighted by Gasteiger charge is 2.18. The molecule has 9 heteroatoms. The lowest BCUT2D eigenvalue weighted by molar-refractivity contribution is 0.275. The third-order valence-corrected chi connectivity index (χ3v) is 5.05. The molecule has 0 amide bonds. The zero-order valence-electron chi connectivity index (χ0n) is 17.4. The number of anilines is 3. The Balaban J connectivity index is 1.78. The molecule has 3 aromatic rings. The van der Waals surface area contributed by atoms with Crippen LogP contribution in [0.4, 0.5) is 17.3 Å². The summed E-state index contributed by atoms with van der Waals surface area (Å²) in [5.41, 5.74) is 2.88. The van der Waals surface area contributed by atoms with Crippen LogP contribution in [0.15, 0.2) is 30.7 Å². The van der Waals surface area contributed by atoms with Crippen LogP contribution in [0.5, 0.6) is 5.88 Å². The molecule has 3 N–H and O–H groups in total. The molecule has 0 fully saturated rings. The van der Waals surface area contributed by atoms with E-state index in [2.05, 4.69) is 37.6 Å². The molecule has 1 atom stereocenters. The second-order valence-electron chi connectivity index (χ2n) is 7.38. The number of pyridine rings is 1. The van der Waals surface area contributed by atoms with Gasteiger partial charge in [0, 0.05) is 54.9 Å². The number of aromatic nitrogens is 5. The Morgan fingerprint density at radius 3 is 2.97 bits per heavy atom. The zero-order chi connectivity index (χ0) is 21.1. The number of nitrogens with one attached hydrogen (secondary N) is 3. The van der Waals surface area contributed by atoms with Crippen molar-refractivity contribution in [2.24, 2.45) is 7.05 Å². The van der Waals surface area contributed by atoms with E-state index in [4.69, 9.17) is 10.1 Å². The summed E-state index contributed by atoms with van der Waals surface area (Å²) in [6.07, 6.45) is 7.98. The van der Waals surface area contributed by atoms with Gasteiger partial charge < -0.3 is 20.8 Å². The average Bonchev–Trinajstić information content (AvgIpc) is 3.08. The van der Waals surface area contributed by atoms with E-state index in [0.717, 1.165) is 36.1 Å². The minimum atomic E-state index is 0.206. The molecule has 9 nitrogen and oxygen atoms in total. The molecule has 4 bridgehead atoms. The molecule has 0 aromatic carbocycles. The van der Waals surface area contributed by atoms with Gasteiger partial charge in [-0.3, -0.25) is 0 Å². The minimum Gasteiger partial charge on any atom is -0.477 e. The van der Waals surface area contributed by atoms with Gasteiger partial charge in [-0.2, -0.15) is 5.10 Å². The first-order chi connectivity index (χ1) is 14.5. The van der Waals surface area contributed by atoms with E-state index in [0.29, 0.717) is 35.7 Å². The minimum absolute atomic E-state index is 0.206. The van der Waals surface area contributed by atoms with Gasteiger partial charge in [-0.25, -0.2) is 19.6 Å². The third-order valence-electron chi connectivity index (χ3n) is 5.05. The van der Waals surface area contributed by atoms with Crippen molar-refractivity contribution in [1.82, 2.24) is 24.7 Å². The Kier molecular flexibility index (Phi) is 5.60. The van der Waals surface area contributed by atoms with Gasteiger partial charge in [0.2, 0.25) is 5.88 Å². The van der Waals surface area contributed by atoms with Crippen LogP contribution in [0.25, 0.3) is 11.4 Å². The van der Waals surface area contributed by atoms with Crippen molar-refractivity contribution in [2.75, 3.05) is 17.2 Å². The van der Waals surface area contributed by atoms with Gasteiger partial charge in [-0.15, -0.1) is 0 Å². The van der Waals surface area contributed by atoms with Crippen molar-refractivity contribution in [2.45, 2.75) is 39.2 Å². The van der Waals surface area contributed by atoms with Crippen LogP contribution in [-0.4, -0.2) is 43.1 Å². The molecular weight excluding hydrogens is 380 g/mol. The lowest BCUT2D eigenvalue weighted by Crippen LogP contribution is -2.24. The summed E-state index contributed by atoms with van der Waals surface area (Å²) >= 11 is 0. The first-order valence-corrected chi connectivity index (χ1v) is 10.1. The molecule has 30 heavy (non-hydrogen) atoms. The topological polar surface area (TPSA) is 114 Å². The molecule has 3 aromatic heterocycles. The molecule has 0 saturated carbocycles. The molecular formula is C21H26N8O. The fourth-order valence-electron chi connectivity index (χ4n) is 3.54. The summed E-state index contributed by atoms with van der Waals surface area (Å²) in [5.74, 6) is 2.46. The molecule has 0 spiro atoms. The van der Waals surface area contributed by atoms with Gasteiger partial charge in [-0.05, 0) is 19.4 Å². The van der Waals surface area contributed by atoms with Crippen LogP contribution in [0.3, 0.4) is 0 Å². The Bertz CT molecular complexity index is 1060. The quantitative estimate of drug-likeness (QED) is 0.567. The first-order valence-electron chi connectivity index (χ1n) is 10.1. The number of hydrogen-bond acceptors (Lipinski definition) is 8. The number of ether oxygens (including phenoxy) is 1. The summed E-state index contributed by atoms with van der Waals surface area (Å²) in [7, 11) is 1.85. The van der Waals surface area contributed by atoms with E-state index in [-0.39, 0.29) is 6.04 Å². The predicted octanol–water partition coefficient (Wildman–Crippen LogP) is 3.77. The lowest BCUT2D eigenvalue weighted by Gasteiger charge is -2.22. The van der Waals surface area contributed by atoms with Crippen molar-refractivity contribution in [3.8, 4) is 17.3 Å². The Hall–Kier alpha value is -3.49. The smallest absolute Gasteiger partial charge is 0.222 e. The third kappa shape index (κ3) is 4.10. The van der Waals surface area contributed by atoms with E-state index in [1.165, 1.54) is 0 Å². The van der Waals surface area contributed by atoms with Crippen LogP contribution in [0, 0.1) is 5.41 Å². The maximum absolute atomic E-state index is 8.12. The van der Waals surface area contributed by atoms with E-state index < -0.39 is 0 Å². The van der Waals surface area contributed by atoms with Crippen LogP contribution in [0.1, 0.15) is 38.7 Å². The van der Waals surface area contributed by atoms with Gasteiger partial charge >= 0.3 is 0 Å². The van der Waals surface area contributed by atoms with Gasteiger partial charge in [0.25, 0.3) is 0 Å². The second kappa shape index (κ2) is 8.48. The van der Waals surface area contributed by atoms with E-state index in [1.807, 2.05) is 13.1 Å². The summed E-state index contributed by atoms with van der Waals surface area (Å²) in [6, 6.07) is 3.92. The molecule has 0 saturated heterocycles. The van der Waals surface area contributed by atoms with Crippen molar-refractivity contribution in [3.63, 3.8) is 0 Å². The number of nitrogens with zero attached hydrogens (tertiary/aromatic N) is 5. The van der Waals surface area contributed by atoms with E-state index in [1.54, 1.807) is 36.3 Å². The lowest BCUT2D eigenvalue weighted by atomic mass is 10.1. The van der Waals surface area contributed by atoms with Crippen molar-refractivity contribution in [3.05, 3.63) is 36.3 Å². The largest absolute Gasteiger partial charge is 0.477 e. The maximum Gasteiger partial charge on any atom is 0.222 e. The molecule has 0 radical (unpaired) electrons. The van der Waals surface area contributed by atoms with Gasteiger partial charge in [-0.1, -0.05) is 13.3 Å². The predicted molar refractivity (Wildman–Crippen MR) is 117 cm³/mol. The van der Waals surface area contributed by atoms with E-state index >= 15 is 0 Å². The summed E-state index contributed by atoms with van der Waals surface area (Å²) in [4.78, 5) is 13.5. The number of rotatable bonds is 3. The van der Waals surface area contributed by atoms with Gasteiger partial charge in [0.15, 0.2) is 5.82 Å². The SMILES string of the molecule is CCCC1CCOc2c(cnn2C)-c2nccc(n2)Nc2cc(c(C(C)=N)cn2)N1. The van der Waals surface area contributed by atoms with Gasteiger partial charge in [0.1, 0.15) is 17.2 Å². The normalized spacial score (nSPS) is 15.8. The number of hydrogen-bond donors (Lipinski definition) is 3. The Morgan fingerprint density at radius 1 is 1.30 bits per heavy atom. The molecule has 1 unspecified atom stereocenters. The highest BCUT2D eigenvalue weighted by Crippen LogP contribution is 2.29. The molecule has 156 valence electrons. The molecule has 0 aliphatic carbocycles. The highest BCUT2D eigenvalue weighted by atomic mass is 16.5. The zero-order valence-corrected chi connectivity index (χ0v) is 17.4. The van der Waals surface area contributed by atoms with E-state index in [9.17, 15) is 0 Å². The van der Waals surface area contributed by atoms with Gasteiger partial charge in [0.05, 0.1) is 12.8 Å². The fraction of sp³-hybridized carbons (Fsp3) is 0.381. The fourth-order valence-corrected chi connectivity index (χ4v) is 3.54. The number of aryl methyl sites for hydroxylation is 1. The highest BCUT2D eigenvalue weighted by molar-refractivity contribution is 6.01. The van der Waals surface area contributed by atoms with Crippen LogP contribution >= 0.6 is 0 Å². The monoisotopic (exact) mass is 406 g/mol. The Morgan fingerprint density at radius 2 is 2.17 bits per heavy atom. The van der Waals surface area contributed by atoms with Crippen LogP contribution < -0.4 is 15.4 Å². The first kappa shape index (κ1) is 19.8. The molecule has 1 aliphatic heterocycles. The molecule has 4 rings (SSSR count). The summed E-state index contributed by atoms with van der Waals surface area (Å²) in [5, 5.41) is 19.3. The standard InChI is InChI=1S/C21H26N8O/c1-4-5-14-7-9-30-21-16(12-25-29(21)3)20-23-8-6-18(28-20)27-19-10-17(26-14)15(11-24-19)13(2)22/h6,8,10-12,14,22,26H,4-5,7,9H2,1-3H3,(H,23,24,27,28). The maximum atomic E-state index is 8.12.